The highest BCUT2D eigenvalue weighted by molar-refractivity contribution is 9.10. The number of carbonyl (C=O) groups is 3. The van der Waals surface area contributed by atoms with Gasteiger partial charge in [0.25, 0.3) is 23.2 Å². The molecule has 0 aromatic heterocycles. The van der Waals surface area contributed by atoms with Crippen LogP contribution in [0.4, 0.5) is 27.5 Å². The van der Waals surface area contributed by atoms with Crippen molar-refractivity contribution in [1.82, 2.24) is 5.32 Å². The molecule has 16 nitrogen and oxygen atoms in total. The largest absolute Gasteiger partial charge is 0.490 e. The molecular weight excluding hydrogens is 626 g/mol. The van der Waals surface area contributed by atoms with Crippen molar-refractivity contribution in [1.29, 1.82) is 0 Å². The zero-order valence-electron chi connectivity index (χ0n) is 21.1. The fraction of sp³-hybridized carbons (Fsp3) is 0.0800. The molecule has 0 saturated carbocycles. The molecule has 1 N–H and O–H groups in total. The number of non-ortho nitro benzene ring substituents is 2. The molecule has 17 heteroatoms. The van der Waals surface area contributed by atoms with Gasteiger partial charge in [0.2, 0.25) is 5.75 Å². The van der Waals surface area contributed by atoms with Crippen LogP contribution in [0, 0.1) is 30.3 Å². The predicted molar refractivity (Wildman–Crippen MR) is 147 cm³/mol. The minimum atomic E-state index is -1.05. The molecule has 0 aliphatic carbocycles. The molecule has 0 spiro atoms. The number of ether oxygens (including phenoxy) is 2. The van der Waals surface area contributed by atoms with Crippen LogP contribution in [0.1, 0.15) is 12.5 Å². The molecule has 0 radical (unpaired) electrons. The Morgan fingerprint density at radius 3 is 2.12 bits per heavy atom. The van der Waals surface area contributed by atoms with Crippen LogP contribution in [0.5, 0.6) is 17.2 Å². The topological polar surface area (TPSA) is 214 Å². The zero-order valence-corrected chi connectivity index (χ0v) is 22.7. The van der Waals surface area contributed by atoms with Crippen molar-refractivity contribution in [3.8, 4) is 17.2 Å². The van der Waals surface area contributed by atoms with Crippen LogP contribution in [-0.4, -0.2) is 39.2 Å². The summed E-state index contributed by atoms with van der Waals surface area (Å²) in [6, 6.07) is 9.07. The third-order valence-electron chi connectivity index (χ3n) is 5.63. The number of hydrogen-bond donors (Lipinski definition) is 1. The third kappa shape index (κ3) is 5.89. The molecule has 0 atom stereocenters. The summed E-state index contributed by atoms with van der Waals surface area (Å²) in [4.78, 5) is 70.2. The van der Waals surface area contributed by atoms with Gasteiger partial charge >= 0.3 is 11.7 Å². The number of carbonyl (C=O) groups excluding carboxylic acids is 3. The number of amides is 4. The van der Waals surface area contributed by atoms with Crippen LogP contribution in [0.25, 0.3) is 6.08 Å². The summed E-state index contributed by atoms with van der Waals surface area (Å²) in [5.41, 5.74) is -1.73. The second kappa shape index (κ2) is 11.8. The normalized spacial score (nSPS) is 14.0. The Morgan fingerprint density at radius 2 is 1.52 bits per heavy atom. The Balaban J connectivity index is 1.73. The van der Waals surface area contributed by atoms with Crippen molar-refractivity contribution in [2.75, 3.05) is 11.5 Å². The summed E-state index contributed by atoms with van der Waals surface area (Å²) in [5.74, 6) is -2.35. The molecule has 1 saturated heterocycles. The molecule has 42 heavy (non-hydrogen) atoms. The van der Waals surface area contributed by atoms with Crippen LogP contribution in [0.15, 0.2) is 64.6 Å². The maximum atomic E-state index is 13.2. The van der Waals surface area contributed by atoms with Crippen molar-refractivity contribution in [3.05, 3.63) is 101 Å². The molecule has 0 unspecified atom stereocenters. The van der Waals surface area contributed by atoms with Crippen molar-refractivity contribution in [2.45, 2.75) is 6.92 Å². The highest BCUT2D eigenvalue weighted by Crippen LogP contribution is 2.43. The first-order valence-electron chi connectivity index (χ1n) is 11.6. The number of halogens is 1. The number of imide groups is 2. The quantitative estimate of drug-likeness (QED) is 0.141. The van der Waals surface area contributed by atoms with Gasteiger partial charge in [0.1, 0.15) is 5.57 Å². The Bertz CT molecular complexity index is 1710. The zero-order chi connectivity index (χ0) is 30.7. The van der Waals surface area contributed by atoms with E-state index in [0.29, 0.717) is 4.90 Å². The lowest BCUT2D eigenvalue weighted by molar-refractivity contribution is -0.394. The van der Waals surface area contributed by atoms with Gasteiger partial charge < -0.3 is 9.47 Å². The predicted octanol–water partition coefficient (Wildman–Crippen LogP) is 5.03. The number of hydrogen-bond acceptors (Lipinski definition) is 11. The van der Waals surface area contributed by atoms with E-state index in [2.05, 4.69) is 15.9 Å². The van der Waals surface area contributed by atoms with E-state index in [0.717, 1.165) is 36.4 Å². The maximum Gasteiger partial charge on any atom is 0.335 e. The molecule has 1 heterocycles. The Hall–Kier alpha value is -5.71. The number of anilines is 1. The van der Waals surface area contributed by atoms with Gasteiger partial charge in [-0.05, 0) is 64.8 Å². The highest BCUT2D eigenvalue weighted by Gasteiger charge is 2.37. The molecule has 3 aromatic carbocycles. The Morgan fingerprint density at radius 1 is 0.881 bits per heavy atom. The average molecular weight is 642 g/mol. The molecule has 4 rings (SSSR count). The van der Waals surface area contributed by atoms with E-state index < -0.39 is 49.6 Å². The van der Waals surface area contributed by atoms with Crippen LogP contribution < -0.4 is 19.7 Å². The van der Waals surface area contributed by atoms with Crippen LogP contribution >= 0.6 is 15.9 Å². The lowest BCUT2D eigenvalue weighted by Crippen LogP contribution is -2.54. The van der Waals surface area contributed by atoms with Gasteiger partial charge in [-0.2, -0.15) is 0 Å². The molecule has 1 fully saturated rings. The number of nitro benzene ring substituents is 3. The summed E-state index contributed by atoms with van der Waals surface area (Å²) in [7, 11) is 0. The lowest BCUT2D eigenvalue weighted by atomic mass is 10.1. The SMILES string of the molecule is CCOc1cc(/C=C2\C(=O)NC(=O)N(c3ccc([N+](=O)[O-])cc3)C2=O)cc(Br)c1Oc1ccc([N+](=O)[O-])cc1[N+](=O)[O-]. The third-order valence-corrected chi connectivity index (χ3v) is 6.21. The van der Waals surface area contributed by atoms with Gasteiger partial charge in [-0.25, -0.2) is 9.69 Å². The van der Waals surface area contributed by atoms with Gasteiger partial charge in [-0.15, -0.1) is 0 Å². The van der Waals surface area contributed by atoms with E-state index in [1.54, 1.807) is 6.92 Å². The minimum Gasteiger partial charge on any atom is -0.490 e. The first-order valence-corrected chi connectivity index (χ1v) is 12.4. The van der Waals surface area contributed by atoms with Gasteiger partial charge in [0, 0.05) is 18.2 Å². The van der Waals surface area contributed by atoms with Gasteiger partial charge in [0.05, 0.1) is 37.6 Å². The van der Waals surface area contributed by atoms with E-state index in [1.807, 2.05) is 5.32 Å². The molecule has 1 aliphatic heterocycles. The first kappa shape index (κ1) is 29.3. The number of nitrogens with zero attached hydrogens (tertiary/aromatic N) is 4. The fourth-order valence-corrected chi connectivity index (χ4v) is 4.31. The summed E-state index contributed by atoms with van der Waals surface area (Å²) in [6.07, 6.45) is 1.16. The monoisotopic (exact) mass is 641 g/mol. The van der Waals surface area contributed by atoms with Crippen molar-refractivity contribution in [2.24, 2.45) is 0 Å². The van der Waals surface area contributed by atoms with Crippen molar-refractivity contribution < 1.29 is 38.6 Å². The van der Waals surface area contributed by atoms with Gasteiger partial charge in [-0.1, -0.05) is 0 Å². The second-order valence-corrected chi connectivity index (χ2v) is 9.12. The van der Waals surface area contributed by atoms with Crippen molar-refractivity contribution >= 4 is 62.6 Å². The maximum absolute atomic E-state index is 13.2. The fourth-order valence-electron chi connectivity index (χ4n) is 3.77. The van der Waals surface area contributed by atoms with Gasteiger partial charge in [-0.3, -0.25) is 45.2 Å². The number of benzene rings is 3. The summed E-state index contributed by atoms with van der Waals surface area (Å²) in [5, 5.41) is 35.6. The molecule has 214 valence electrons. The van der Waals surface area contributed by atoms with E-state index in [-0.39, 0.29) is 45.3 Å². The lowest BCUT2D eigenvalue weighted by Gasteiger charge is -2.26. The highest BCUT2D eigenvalue weighted by atomic mass is 79.9. The number of urea groups is 1. The summed E-state index contributed by atoms with van der Waals surface area (Å²) in [6.45, 7) is 1.75. The van der Waals surface area contributed by atoms with E-state index in [1.165, 1.54) is 24.3 Å². The first-order chi connectivity index (χ1) is 19.9. The molecule has 1 aliphatic rings. The van der Waals surface area contributed by atoms with Crippen LogP contribution in [-0.2, 0) is 9.59 Å². The van der Waals surface area contributed by atoms with Crippen LogP contribution in [0.3, 0.4) is 0 Å². The van der Waals surface area contributed by atoms with Crippen molar-refractivity contribution in [3.63, 3.8) is 0 Å². The Kier molecular flexibility index (Phi) is 8.23. The van der Waals surface area contributed by atoms with Crippen LogP contribution in [0.2, 0.25) is 0 Å². The second-order valence-electron chi connectivity index (χ2n) is 8.26. The van der Waals surface area contributed by atoms with E-state index in [9.17, 15) is 44.7 Å². The standard InChI is InChI=1S/C25H16BrN5O11/c1-2-41-21-11-13(10-18(26)22(21)42-20-8-7-16(30(37)38)12-19(20)31(39)40)9-17-23(32)27-25(34)28(24(17)33)14-3-5-15(6-4-14)29(35)36/h3-12H,2H2,1H3,(H,27,32,34)/b17-9+. The molecule has 3 aromatic rings. The molecular formula is C25H16BrN5O11. The summed E-state index contributed by atoms with van der Waals surface area (Å²) < 4.78 is 11.5. The Labute approximate surface area is 242 Å². The van der Waals surface area contributed by atoms with Gasteiger partial charge in [0.15, 0.2) is 11.5 Å². The van der Waals surface area contributed by atoms with E-state index in [4.69, 9.17) is 9.47 Å². The van der Waals surface area contributed by atoms with E-state index >= 15 is 0 Å². The molecule has 4 amide bonds. The average Bonchev–Trinajstić information content (AvgIpc) is 2.93. The number of nitrogens with one attached hydrogen (secondary N) is 1. The summed E-state index contributed by atoms with van der Waals surface area (Å²) >= 11 is 3.28. The minimum absolute atomic E-state index is 0.0221. The smallest absolute Gasteiger partial charge is 0.335 e. The number of rotatable bonds is 9. The number of barbiturate groups is 1. The molecule has 0 bridgehead atoms. The number of nitro groups is 3.